The molecule has 1 atom stereocenters. The van der Waals surface area contributed by atoms with Crippen molar-refractivity contribution in [2.24, 2.45) is 0 Å². The molecule has 0 bridgehead atoms. The van der Waals surface area contributed by atoms with Gasteiger partial charge in [-0.2, -0.15) is 0 Å². The van der Waals surface area contributed by atoms with E-state index in [4.69, 9.17) is 0 Å². The van der Waals surface area contributed by atoms with Crippen molar-refractivity contribution in [3.05, 3.63) is 28.2 Å². The maximum Gasteiger partial charge on any atom is 0.249 e. The number of hydrogen-bond acceptors (Lipinski definition) is 4. The van der Waals surface area contributed by atoms with Gasteiger partial charge in [0.1, 0.15) is 6.04 Å². The molecule has 0 spiro atoms. The number of benzene rings is 1. The molecule has 0 aliphatic carbocycles. The fraction of sp³-hybridized carbons (Fsp3) is 0.308. The van der Waals surface area contributed by atoms with Crippen LogP contribution in [0.4, 0.5) is 5.69 Å². The monoisotopic (exact) mass is 324 g/mol. The molecular formula is C13H13BrN2O3. The fourth-order valence-corrected chi connectivity index (χ4v) is 2.64. The molecule has 1 unspecified atom stereocenters. The Bertz CT molecular complexity index is 571. The molecule has 1 aromatic rings. The lowest BCUT2D eigenvalue weighted by molar-refractivity contribution is -0.132. The number of Topliss-reactive ketones (excluding diaryl/α,β-unsaturated/α-hetero) is 1. The Labute approximate surface area is 119 Å². The molecule has 1 aliphatic heterocycles. The molecule has 0 aromatic heterocycles. The summed E-state index contributed by atoms with van der Waals surface area (Å²) < 4.78 is 0.656. The summed E-state index contributed by atoms with van der Waals surface area (Å²) in [5.41, 5.74) is 1.30. The molecule has 1 N–H and O–H groups in total. The number of anilines is 1. The van der Waals surface area contributed by atoms with Crippen LogP contribution in [0.2, 0.25) is 0 Å². The second-order valence-corrected chi connectivity index (χ2v) is 5.29. The second-order valence-electron chi connectivity index (χ2n) is 4.44. The van der Waals surface area contributed by atoms with Gasteiger partial charge in [0.2, 0.25) is 11.8 Å². The van der Waals surface area contributed by atoms with Gasteiger partial charge in [-0.15, -0.1) is 0 Å². The van der Waals surface area contributed by atoms with Crippen molar-refractivity contribution >= 4 is 39.2 Å². The number of amides is 2. The van der Waals surface area contributed by atoms with E-state index in [-0.39, 0.29) is 24.1 Å². The zero-order valence-corrected chi connectivity index (χ0v) is 12.2. The number of carbonyl (C=O) groups is 3. The Kier molecular flexibility index (Phi) is 3.71. The van der Waals surface area contributed by atoms with Gasteiger partial charge in [-0.3, -0.25) is 19.7 Å². The highest BCUT2D eigenvalue weighted by Crippen LogP contribution is 2.26. The number of rotatable bonds is 2. The number of nitrogens with one attached hydrogen (secondary N) is 1. The van der Waals surface area contributed by atoms with Crippen LogP contribution in [0.3, 0.4) is 0 Å². The molecule has 6 heteroatoms. The normalized spacial score (nSPS) is 19.3. The first-order chi connectivity index (χ1) is 8.90. The van der Waals surface area contributed by atoms with E-state index in [9.17, 15) is 14.4 Å². The zero-order chi connectivity index (χ0) is 14.2. The minimum Gasteiger partial charge on any atom is -0.350 e. The molecule has 2 rings (SSSR count). The Balaban J connectivity index is 2.36. The predicted octanol–water partition coefficient (Wildman–Crippen LogP) is 1.50. The third-order valence-electron chi connectivity index (χ3n) is 3.09. The number of nitrogens with zero attached hydrogens (tertiary/aromatic N) is 1. The van der Waals surface area contributed by atoms with Crippen molar-refractivity contribution in [1.82, 2.24) is 5.32 Å². The van der Waals surface area contributed by atoms with Crippen LogP contribution >= 0.6 is 15.9 Å². The maximum absolute atomic E-state index is 11.6. The largest absolute Gasteiger partial charge is 0.350 e. The van der Waals surface area contributed by atoms with E-state index in [1.54, 1.807) is 30.0 Å². The highest BCUT2D eigenvalue weighted by atomic mass is 79.9. The summed E-state index contributed by atoms with van der Waals surface area (Å²) in [7, 11) is 0. The number of ketones is 1. The highest BCUT2D eigenvalue weighted by molar-refractivity contribution is 9.10. The lowest BCUT2D eigenvalue weighted by atomic mass is 10.1. The van der Waals surface area contributed by atoms with Crippen LogP contribution in [-0.4, -0.2) is 30.2 Å². The number of piperazine rings is 1. The van der Waals surface area contributed by atoms with Gasteiger partial charge in [-0.25, -0.2) is 0 Å². The van der Waals surface area contributed by atoms with E-state index < -0.39 is 6.04 Å². The Morgan fingerprint density at radius 1 is 1.42 bits per heavy atom. The molecule has 5 nitrogen and oxygen atoms in total. The summed E-state index contributed by atoms with van der Waals surface area (Å²) in [6, 6.07) is 4.75. The molecule has 0 saturated carbocycles. The van der Waals surface area contributed by atoms with Crippen LogP contribution < -0.4 is 10.2 Å². The first-order valence-corrected chi connectivity index (χ1v) is 6.60. The molecule has 2 amide bonds. The number of halogens is 1. The SMILES string of the molecule is CC(=O)c1ccc(N2CC(=O)NC(=O)C2C)cc1Br. The minimum atomic E-state index is -0.423. The van der Waals surface area contributed by atoms with Crippen LogP contribution in [0, 0.1) is 0 Å². The maximum atomic E-state index is 11.6. The number of carbonyl (C=O) groups excluding carboxylic acids is 3. The van der Waals surface area contributed by atoms with Gasteiger partial charge >= 0.3 is 0 Å². The molecule has 1 saturated heterocycles. The third-order valence-corrected chi connectivity index (χ3v) is 3.74. The molecule has 100 valence electrons. The van der Waals surface area contributed by atoms with E-state index in [0.717, 1.165) is 5.69 Å². The minimum absolute atomic E-state index is 0.0427. The van der Waals surface area contributed by atoms with Crippen molar-refractivity contribution in [3.8, 4) is 0 Å². The Hall–Kier alpha value is -1.69. The van der Waals surface area contributed by atoms with E-state index in [1.165, 1.54) is 6.92 Å². The molecule has 1 aliphatic rings. The standard InChI is InChI=1S/C13H13BrN2O3/c1-7-13(19)15-12(18)6-16(7)9-3-4-10(8(2)17)11(14)5-9/h3-5,7H,6H2,1-2H3,(H,15,18,19). The first-order valence-electron chi connectivity index (χ1n) is 5.81. The number of imide groups is 1. The summed E-state index contributed by atoms with van der Waals surface area (Å²) in [5, 5.41) is 2.29. The molecule has 1 fully saturated rings. The van der Waals surface area contributed by atoms with Gasteiger partial charge in [0.15, 0.2) is 5.78 Å². The summed E-state index contributed by atoms with van der Waals surface area (Å²) in [6.45, 7) is 3.34. The van der Waals surface area contributed by atoms with Crippen molar-refractivity contribution < 1.29 is 14.4 Å². The van der Waals surface area contributed by atoms with Gasteiger partial charge in [-0.05, 0) is 48.0 Å². The summed E-state index contributed by atoms with van der Waals surface area (Å²) in [4.78, 5) is 36.1. The molecule has 1 heterocycles. The Morgan fingerprint density at radius 3 is 2.68 bits per heavy atom. The van der Waals surface area contributed by atoms with Gasteiger partial charge < -0.3 is 4.90 Å². The van der Waals surface area contributed by atoms with Gasteiger partial charge in [0.25, 0.3) is 0 Å². The highest BCUT2D eigenvalue weighted by Gasteiger charge is 2.30. The molecule has 19 heavy (non-hydrogen) atoms. The van der Waals surface area contributed by atoms with Crippen LogP contribution in [0.5, 0.6) is 0 Å². The molecule has 0 radical (unpaired) electrons. The second kappa shape index (κ2) is 5.13. The topological polar surface area (TPSA) is 66.5 Å². The van der Waals surface area contributed by atoms with Gasteiger partial charge in [0.05, 0.1) is 6.54 Å². The summed E-state index contributed by atoms with van der Waals surface area (Å²) in [5.74, 6) is -0.683. The van der Waals surface area contributed by atoms with Crippen LogP contribution in [0.1, 0.15) is 24.2 Å². The smallest absolute Gasteiger partial charge is 0.249 e. The third kappa shape index (κ3) is 2.68. The van der Waals surface area contributed by atoms with Crippen molar-refractivity contribution in [3.63, 3.8) is 0 Å². The van der Waals surface area contributed by atoms with Gasteiger partial charge in [-0.1, -0.05) is 0 Å². The zero-order valence-electron chi connectivity index (χ0n) is 10.6. The van der Waals surface area contributed by atoms with Crippen molar-refractivity contribution in [1.29, 1.82) is 0 Å². The van der Waals surface area contributed by atoms with Gasteiger partial charge in [0, 0.05) is 15.7 Å². The van der Waals surface area contributed by atoms with Crippen LogP contribution in [0.15, 0.2) is 22.7 Å². The van der Waals surface area contributed by atoms with E-state index in [2.05, 4.69) is 21.2 Å². The summed E-state index contributed by atoms with van der Waals surface area (Å²) in [6.07, 6.45) is 0. The molecular weight excluding hydrogens is 312 g/mol. The van der Waals surface area contributed by atoms with E-state index in [0.29, 0.717) is 10.0 Å². The predicted molar refractivity (Wildman–Crippen MR) is 74.1 cm³/mol. The Morgan fingerprint density at radius 2 is 2.11 bits per heavy atom. The summed E-state index contributed by atoms with van der Waals surface area (Å²) >= 11 is 3.33. The first kappa shape index (κ1) is 13.7. The lowest BCUT2D eigenvalue weighted by Crippen LogP contribution is -2.57. The van der Waals surface area contributed by atoms with E-state index in [1.807, 2.05) is 0 Å². The van der Waals surface area contributed by atoms with Crippen LogP contribution in [-0.2, 0) is 9.59 Å². The van der Waals surface area contributed by atoms with Crippen molar-refractivity contribution in [2.45, 2.75) is 19.9 Å². The average molecular weight is 325 g/mol. The quantitative estimate of drug-likeness (QED) is 0.661. The van der Waals surface area contributed by atoms with E-state index >= 15 is 0 Å². The molecule has 1 aromatic carbocycles. The van der Waals surface area contributed by atoms with Crippen LogP contribution in [0.25, 0.3) is 0 Å². The average Bonchev–Trinajstić information content (AvgIpc) is 2.33. The number of hydrogen-bond donors (Lipinski definition) is 1. The fourth-order valence-electron chi connectivity index (χ4n) is 2.00. The lowest BCUT2D eigenvalue weighted by Gasteiger charge is -2.33. The van der Waals surface area contributed by atoms with Crippen molar-refractivity contribution in [2.75, 3.05) is 11.4 Å².